The van der Waals surface area contributed by atoms with Crippen LogP contribution in [0.4, 0.5) is 0 Å². The lowest BCUT2D eigenvalue weighted by molar-refractivity contribution is -0.134. The van der Waals surface area contributed by atoms with Crippen molar-refractivity contribution in [2.75, 3.05) is 6.61 Å². The number of fused-ring (bicyclic) bond motifs is 1. The van der Waals surface area contributed by atoms with Crippen LogP contribution in [0, 0.1) is 0 Å². The molecule has 1 unspecified atom stereocenters. The van der Waals surface area contributed by atoms with Gasteiger partial charge in [0.1, 0.15) is 6.10 Å². The van der Waals surface area contributed by atoms with Gasteiger partial charge in [-0.05, 0) is 23.3 Å². The quantitative estimate of drug-likeness (QED) is 0.832. The predicted molar refractivity (Wildman–Crippen MR) is 75.1 cm³/mol. The molecule has 19 heavy (non-hydrogen) atoms. The number of aliphatic carboxylic acids is 1. The van der Waals surface area contributed by atoms with E-state index in [1.54, 1.807) is 0 Å². The van der Waals surface area contributed by atoms with Crippen LogP contribution < -0.4 is 0 Å². The number of carboxylic acids is 1. The van der Waals surface area contributed by atoms with E-state index < -0.39 is 12.1 Å². The smallest absolute Gasteiger partial charge is 0.333 e. The van der Waals surface area contributed by atoms with Crippen LogP contribution in [0.5, 0.6) is 0 Å². The number of carbonyl (C=O) groups is 1. The van der Waals surface area contributed by atoms with Crippen molar-refractivity contribution in [2.24, 2.45) is 0 Å². The SMILES string of the molecule is C=C(C(=O)O)C(OCC)c1cccc2ccccc12. The highest BCUT2D eigenvalue weighted by Gasteiger charge is 2.22. The molecule has 0 heterocycles. The third kappa shape index (κ3) is 2.66. The highest BCUT2D eigenvalue weighted by atomic mass is 16.5. The average molecular weight is 256 g/mol. The first kappa shape index (κ1) is 13.3. The molecular formula is C16H16O3. The van der Waals surface area contributed by atoms with Gasteiger partial charge >= 0.3 is 5.97 Å². The number of benzene rings is 2. The maximum absolute atomic E-state index is 11.1. The lowest BCUT2D eigenvalue weighted by Crippen LogP contribution is -2.14. The van der Waals surface area contributed by atoms with Gasteiger partial charge in [-0.3, -0.25) is 0 Å². The molecule has 1 atom stereocenters. The number of hydrogen-bond acceptors (Lipinski definition) is 2. The molecule has 3 nitrogen and oxygen atoms in total. The van der Waals surface area contributed by atoms with Crippen LogP contribution in [0.25, 0.3) is 10.8 Å². The van der Waals surface area contributed by atoms with Gasteiger partial charge in [-0.1, -0.05) is 49.0 Å². The Balaban J connectivity index is 2.56. The molecule has 0 saturated heterocycles. The first-order chi connectivity index (χ1) is 9.15. The Morgan fingerprint density at radius 3 is 2.63 bits per heavy atom. The number of carboxylic acid groups (broad SMARTS) is 1. The van der Waals surface area contributed by atoms with Crippen LogP contribution in [-0.4, -0.2) is 17.7 Å². The molecule has 0 spiro atoms. The summed E-state index contributed by atoms with van der Waals surface area (Å²) in [5.74, 6) is -1.04. The summed E-state index contributed by atoms with van der Waals surface area (Å²) < 4.78 is 5.58. The fourth-order valence-electron chi connectivity index (χ4n) is 2.14. The van der Waals surface area contributed by atoms with Gasteiger partial charge in [-0.25, -0.2) is 4.79 Å². The summed E-state index contributed by atoms with van der Waals surface area (Å²) in [5.41, 5.74) is 0.894. The Hall–Kier alpha value is -2.13. The molecule has 0 aliphatic heterocycles. The standard InChI is InChI=1S/C16H16O3/c1-3-19-15(11(2)16(17)18)14-10-6-8-12-7-4-5-9-13(12)14/h4-10,15H,2-3H2,1H3,(H,17,18). The molecule has 98 valence electrons. The van der Waals surface area contributed by atoms with Gasteiger partial charge in [0, 0.05) is 6.61 Å². The van der Waals surface area contributed by atoms with E-state index in [0.717, 1.165) is 16.3 Å². The predicted octanol–water partition coefficient (Wildman–Crippen LogP) is 3.56. The Morgan fingerprint density at radius 1 is 1.26 bits per heavy atom. The average Bonchev–Trinajstić information content (AvgIpc) is 2.43. The molecular weight excluding hydrogens is 240 g/mol. The highest BCUT2D eigenvalue weighted by molar-refractivity contribution is 5.91. The normalized spacial score (nSPS) is 12.3. The number of hydrogen-bond donors (Lipinski definition) is 1. The summed E-state index contributed by atoms with van der Waals surface area (Å²) in [6.45, 7) is 5.90. The van der Waals surface area contributed by atoms with Crippen LogP contribution in [0.15, 0.2) is 54.6 Å². The second-order valence-electron chi connectivity index (χ2n) is 4.23. The third-order valence-electron chi connectivity index (χ3n) is 3.03. The van der Waals surface area contributed by atoms with Crippen LogP contribution in [-0.2, 0) is 9.53 Å². The summed E-state index contributed by atoms with van der Waals surface area (Å²) in [6, 6.07) is 13.6. The van der Waals surface area contributed by atoms with E-state index >= 15 is 0 Å². The second kappa shape index (κ2) is 5.67. The minimum absolute atomic E-state index is 0.0539. The van der Waals surface area contributed by atoms with E-state index in [1.807, 2.05) is 49.4 Å². The molecule has 0 radical (unpaired) electrons. The lowest BCUT2D eigenvalue weighted by Gasteiger charge is -2.19. The van der Waals surface area contributed by atoms with Gasteiger partial charge in [-0.2, -0.15) is 0 Å². The number of rotatable bonds is 5. The van der Waals surface area contributed by atoms with Crippen LogP contribution in [0.2, 0.25) is 0 Å². The van der Waals surface area contributed by atoms with E-state index in [2.05, 4.69) is 6.58 Å². The van der Waals surface area contributed by atoms with Crippen molar-refractivity contribution >= 4 is 16.7 Å². The largest absolute Gasteiger partial charge is 0.478 e. The highest BCUT2D eigenvalue weighted by Crippen LogP contribution is 2.31. The molecule has 0 aromatic heterocycles. The zero-order valence-electron chi connectivity index (χ0n) is 10.8. The van der Waals surface area contributed by atoms with Crippen LogP contribution >= 0.6 is 0 Å². The molecule has 0 bridgehead atoms. The summed E-state index contributed by atoms with van der Waals surface area (Å²) in [6.07, 6.45) is -0.617. The molecule has 0 fully saturated rings. The zero-order valence-corrected chi connectivity index (χ0v) is 10.8. The Kier molecular flexibility index (Phi) is 3.97. The molecule has 2 aromatic carbocycles. The zero-order chi connectivity index (χ0) is 13.8. The molecule has 0 aliphatic rings. The maximum atomic E-state index is 11.1. The van der Waals surface area contributed by atoms with Gasteiger partial charge < -0.3 is 9.84 Å². The van der Waals surface area contributed by atoms with Gasteiger partial charge in [0.15, 0.2) is 0 Å². The van der Waals surface area contributed by atoms with E-state index in [9.17, 15) is 4.79 Å². The molecule has 2 rings (SSSR count). The van der Waals surface area contributed by atoms with Crippen molar-refractivity contribution in [3.8, 4) is 0 Å². The topological polar surface area (TPSA) is 46.5 Å². The summed E-state index contributed by atoms with van der Waals surface area (Å²) >= 11 is 0. The fraction of sp³-hybridized carbons (Fsp3) is 0.188. The molecule has 0 aliphatic carbocycles. The first-order valence-electron chi connectivity index (χ1n) is 6.16. The maximum Gasteiger partial charge on any atom is 0.333 e. The molecule has 2 aromatic rings. The summed E-state index contributed by atoms with van der Waals surface area (Å²) in [7, 11) is 0. The first-order valence-corrected chi connectivity index (χ1v) is 6.16. The van der Waals surface area contributed by atoms with Crippen molar-refractivity contribution in [3.05, 3.63) is 60.2 Å². The Morgan fingerprint density at radius 2 is 1.95 bits per heavy atom. The third-order valence-corrected chi connectivity index (χ3v) is 3.03. The van der Waals surface area contributed by atoms with E-state index in [4.69, 9.17) is 9.84 Å². The van der Waals surface area contributed by atoms with Crippen molar-refractivity contribution in [2.45, 2.75) is 13.0 Å². The monoisotopic (exact) mass is 256 g/mol. The van der Waals surface area contributed by atoms with Crippen molar-refractivity contribution in [1.29, 1.82) is 0 Å². The molecule has 3 heteroatoms. The number of ether oxygens (including phenoxy) is 1. The molecule has 1 N–H and O–H groups in total. The lowest BCUT2D eigenvalue weighted by atomic mass is 9.96. The van der Waals surface area contributed by atoms with Gasteiger partial charge in [0.25, 0.3) is 0 Å². The van der Waals surface area contributed by atoms with Crippen molar-refractivity contribution < 1.29 is 14.6 Å². The Bertz CT molecular complexity index is 611. The van der Waals surface area contributed by atoms with Crippen molar-refractivity contribution in [1.82, 2.24) is 0 Å². The van der Waals surface area contributed by atoms with E-state index in [1.165, 1.54) is 0 Å². The molecule has 0 saturated carbocycles. The van der Waals surface area contributed by atoms with E-state index in [0.29, 0.717) is 6.61 Å². The Labute approximate surface area is 112 Å². The van der Waals surface area contributed by atoms with Gasteiger partial charge in [0.2, 0.25) is 0 Å². The minimum atomic E-state index is -1.04. The van der Waals surface area contributed by atoms with Gasteiger partial charge in [0.05, 0.1) is 5.57 Å². The summed E-state index contributed by atoms with van der Waals surface area (Å²) in [4.78, 5) is 11.1. The molecule has 0 amide bonds. The van der Waals surface area contributed by atoms with Crippen LogP contribution in [0.1, 0.15) is 18.6 Å². The summed E-state index contributed by atoms with van der Waals surface area (Å²) in [5, 5.41) is 11.2. The van der Waals surface area contributed by atoms with Crippen molar-refractivity contribution in [3.63, 3.8) is 0 Å². The van der Waals surface area contributed by atoms with Crippen LogP contribution in [0.3, 0.4) is 0 Å². The fourth-order valence-corrected chi connectivity index (χ4v) is 2.14. The minimum Gasteiger partial charge on any atom is -0.478 e. The van der Waals surface area contributed by atoms with E-state index in [-0.39, 0.29) is 5.57 Å². The van der Waals surface area contributed by atoms with Gasteiger partial charge in [-0.15, -0.1) is 0 Å². The second-order valence-corrected chi connectivity index (χ2v) is 4.23.